The molecule has 3 aromatic rings. The predicted octanol–water partition coefficient (Wildman–Crippen LogP) is 4.27. The third-order valence-corrected chi connectivity index (χ3v) is 5.68. The van der Waals surface area contributed by atoms with E-state index in [0.717, 1.165) is 54.3 Å². The molecule has 0 aliphatic carbocycles. The van der Waals surface area contributed by atoms with Crippen molar-refractivity contribution in [2.75, 3.05) is 18.0 Å². The average molecular weight is 350 g/mol. The number of hydrogen-bond acceptors (Lipinski definition) is 3. The number of fused-ring (bicyclic) bond motifs is 3. The summed E-state index contributed by atoms with van der Waals surface area (Å²) in [4.78, 5) is 21.6. The molecule has 0 saturated carbocycles. The smallest absolute Gasteiger partial charge is 0.324 e. The van der Waals surface area contributed by atoms with E-state index in [4.69, 9.17) is 0 Å². The van der Waals surface area contributed by atoms with E-state index in [9.17, 15) is 4.79 Å². The fourth-order valence-electron chi connectivity index (χ4n) is 3.74. The fourth-order valence-corrected chi connectivity index (χ4v) is 4.38. The lowest BCUT2D eigenvalue weighted by Gasteiger charge is -2.34. The number of hydrogen-bond donors (Lipinski definition) is 0. The molecule has 0 N–H and O–H groups in total. The minimum Gasteiger partial charge on any atom is -0.324 e. The topological polar surface area (TPSA) is 41.4 Å². The molecule has 5 nitrogen and oxygen atoms in total. The van der Waals surface area contributed by atoms with Crippen molar-refractivity contribution in [3.05, 3.63) is 47.3 Å². The number of nitrogens with zero attached hydrogens (tertiary/aromatic N) is 4. The van der Waals surface area contributed by atoms with E-state index in [1.807, 2.05) is 34.2 Å². The highest BCUT2D eigenvalue weighted by Gasteiger charge is 2.32. The second-order valence-electron chi connectivity index (χ2n) is 6.47. The minimum atomic E-state index is 0.0977. The van der Waals surface area contributed by atoms with Gasteiger partial charge in [0.1, 0.15) is 12.5 Å². The van der Waals surface area contributed by atoms with Gasteiger partial charge in [-0.25, -0.2) is 9.78 Å². The van der Waals surface area contributed by atoms with E-state index in [2.05, 4.69) is 32.4 Å². The Morgan fingerprint density at radius 3 is 2.76 bits per heavy atom. The van der Waals surface area contributed by atoms with Gasteiger partial charge in [0.25, 0.3) is 0 Å². The van der Waals surface area contributed by atoms with Crippen LogP contribution in [0, 0.1) is 0 Å². The van der Waals surface area contributed by atoms with Crippen LogP contribution in [0.25, 0.3) is 22.6 Å². The first-order valence-electron chi connectivity index (χ1n) is 8.57. The number of benzene rings is 1. The first kappa shape index (κ1) is 14.7. The summed E-state index contributed by atoms with van der Waals surface area (Å²) in [5.74, 6) is 0.921. The molecular weight excluding hydrogens is 332 g/mol. The third kappa shape index (κ3) is 2.28. The van der Waals surface area contributed by atoms with E-state index >= 15 is 0 Å². The number of rotatable bonds is 1. The molecule has 1 aromatic carbocycles. The number of likely N-dealkylation sites (tertiary alicyclic amines) is 1. The molecule has 0 spiro atoms. The number of imidazole rings is 1. The number of urea groups is 1. The van der Waals surface area contributed by atoms with Gasteiger partial charge in [0.2, 0.25) is 0 Å². The molecule has 2 aromatic heterocycles. The molecule has 25 heavy (non-hydrogen) atoms. The summed E-state index contributed by atoms with van der Waals surface area (Å²) in [7, 11) is 0. The number of carbonyl (C=O) groups excluding carboxylic acids is 1. The highest BCUT2D eigenvalue weighted by atomic mass is 32.1. The lowest BCUT2D eigenvalue weighted by atomic mass is 10.1. The number of para-hydroxylation sites is 1. The Labute approximate surface area is 150 Å². The van der Waals surface area contributed by atoms with Gasteiger partial charge in [-0.1, -0.05) is 18.2 Å². The zero-order valence-corrected chi connectivity index (χ0v) is 14.6. The monoisotopic (exact) mass is 350 g/mol. The van der Waals surface area contributed by atoms with Crippen LogP contribution >= 0.6 is 11.3 Å². The van der Waals surface area contributed by atoms with Crippen LogP contribution in [0.5, 0.6) is 0 Å². The van der Waals surface area contributed by atoms with Crippen molar-refractivity contribution in [3.8, 4) is 22.6 Å². The number of carbonyl (C=O) groups is 1. The number of aromatic nitrogens is 2. The maximum Gasteiger partial charge on any atom is 0.326 e. The molecule has 0 bridgehead atoms. The number of amides is 2. The van der Waals surface area contributed by atoms with Crippen molar-refractivity contribution in [1.82, 2.24) is 14.5 Å². The molecule has 1 saturated heterocycles. The Kier molecular flexibility index (Phi) is 3.38. The molecule has 5 rings (SSSR count). The van der Waals surface area contributed by atoms with Gasteiger partial charge < -0.3 is 9.47 Å². The molecule has 126 valence electrons. The van der Waals surface area contributed by atoms with Crippen molar-refractivity contribution in [1.29, 1.82) is 0 Å². The normalized spacial score (nSPS) is 16.0. The van der Waals surface area contributed by atoms with Gasteiger partial charge in [0, 0.05) is 29.6 Å². The lowest BCUT2D eigenvalue weighted by Crippen LogP contribution is -2.44. The summed E-state index contributed by atoms with van der Waals surface area (Å²) in [6, 6.07) is 10.3. The Morgan fingerprint density at radius 2 is 1.96 bits per heavy atom. The van der Waals surface area contributed by atoms with Crippen LogP contribution in [0.15, 0.2) is 47.3 Å². The van der Waals surface area contributed by atoms with Gasteiger partial charge in [-0.3, -0.25) is 4.90 Å². The van der Waals surface area contributed by atoms with Crippen LogP contribution in [0.1, 0.15) is 12.8 Å². The Hall–Kier alpha value is -2.60. The molecular formula is C19H18N4OS. The maximum atomic E-state index is 13.1. The second kappa shape index (κ2) is 5.74. The summed E-state index contributed by atoms with van der Waals surface area (Å²) >= 11 is 1.66. The van der Waals surface area contributed by atoms with Crippen molar-refractivity contribution in [3.63, 3.8) is 0 Å². The Bertz CT molecular complexity index is 925. The van der Waals surface area contributed by atoms with Crippen LogP contribution < -0.4 is 4.90 Å². The molecule has 2 amide bonds. The highest BCUT2D eigenvalue weighted by molar-refractivity contribution is 7.08. The summed E-state index contributed by atoms with van der Waals surface area (Å²) < 4.78 is 2.15. The number of anilines is 1. The fraction of sp³-hybridized carbons (Fsp3) is 0.263. The summed E-state index contributed by atoms with van der Waals surface area (Å²) in [6.07, 6.45) is 4.11. The van der Waals surface area contributed by atoms with E-state index in [1.54, 1.807) is 11.3 Å². The molecule has 2 aliphatic rings. The zero-order valence-electron chi connectivity index (χ0n) is 13.8. The Balaban J connectivity index is 1.63. The molecule has 1 fully saturated rings. The van der Waals surface area contributed by atoms with Gasteiger partial charge in [0.05, 0.1) is 17.6 Å². The first-order valence-corrected chi connectivity index (χ1v) is 9.51. The lowest BCUT2D eigenvalue weighted by molar-refractivity contribution is 0.213. The van der Waals surface area contributed by atoms with Crippen LogP contribution in [0.2, 0.25) is 0 Å². The summed E-state index contributed by atoms with van der Waals surface area (Å²) in [5, 5.41) is 4.16. The van der Waals surface area contributed by atoms with Gasteiger partial charge >= 0.3 is 6.03 Å². The molecule has 2 aliphatic heterocycles. The minimum absolute atomic E-state index is 0.0977. The van der Waals surface area contributed by atoms with Gasteiger partial charge in [-0.05, 0) is 30.4 Å². The van der Waals surface area contributed by atoms with E-state index in [0.29, 0.717) is 6.67 Å². The Morgan fingerprint density at radius 1 is 1.12 bits per heavy atom. The second-order valence-corrected chi connectivity index (χ2v) is 7.25. The van der Waals surface area contributed by atoms with Crippen molar-refractivity contribution >= 4 is 23.1 Å². The van der Waals surface area contributed by atoms with Crippen LogP contribution in [-0.4, -0.2) is 33.6 Å². The van der Waals surface area contributed by atoms with E-state index < -0.39 is 0 Å². The van der Waals surface area contributed by atoms with E-state index in [-0.39, 0.29) is 6.03 Å². The predicted molar refractivity (Wildman–Crippen MR) is 99.7 cm³/mol. The summed E-state index contributed by atoms with van der Waals surface area (Å²) in [6.45, 7) is 2.21. The summed E-state index contributed by atoms with van der Waals surface area (Å²) in [5.41, 5.74) is 4.21. The van der Waals surface area contributed by atoms with Crippen LogP contribution in [0.4, 0.5) is 10.5 Å². The van der Waals surface area contributed by atoms with Crippen LogP contribution in [-0.2, 0) is 6.67 Å². The SMILES string of the molecule is O=C(N1CCCC1)N1Cn2c(cnc2-c2ccsc2)-c2ccccc21. The largest absolute Gasteiger partial charge is 0.326 e. The number of thiophene rings is 1. The van der Waals surface area contributed by atoms with Gasteiger partial charge in [-0.15, -0.1) is 0 Å². The average Bonchev–Trinajstić information content (AvgIpc) is 3.41. The van der Waals surface area contributed by atoms with E-state index in [1.165, 1.54) is 0 Å². The van der Waals surface area contributed by atoms with Crippen molar-refractivity contribution in [2.45, 2.75) is 19.5 Å². The standard InChI is InChI=1S/C19H18N4OS/c24-19(21-8-3-4-9-21)23-13-22-17(15-5-1-2-6-16(15)23)11-20-18(22)14-7-10-25-12-14/h1-2,5-7,10-12H,3-4,8-9,13H2. The quantitative estimate of drug-likeness (QED) is 0.657. The van der Waals surface area contributed by atoms with Crippen molar-refractivity contribution < 1.29 is 4.79 Å². The zero-order chi connectivity index (χ0) is 16.8. The third-order valence-electron chi connectivity index (χ3n) is 5.00. The van der Waals surface area contributed by atoms with Gasteiger partial charge in [0.15, 0.2) is 0 Å². The van der Waals surface area contributed by atoms with Gasteiger partial charge in [-0.2, -0.15) is 11.3 Å². The first-order chi connectivity index (χ1) is 12.3. The van der Waals surface area contributed by atoms with Crippen LogP contribution in [0.3, 0.4) is 0 Å². The molecule has 4 heterocycles. The highest BCUT2D eigenvalue weighted by Crippen LogP contribution is 2.39. The molecule has 0 unspecified atom stereocenters. The molecule has 0 radical (unpaired) electrons. The maximum absolute atomic E-state index is 13.1. The van der Waals surface area contributed by atoms with Crippen molar-refractivity contribution in [2.24, 2.45) is 0 Å². The molecule has 6 heteroatoms. The molecule has 0 atom stereocenters.